The molecule has 0 atom stereocenters. The second kappa shape index (κ2) is 3.57. The van der Waals surface area contributed by atoms with E-state index in [9.17, 15) is 10.1 Å². The Morgan fingerprint density at radius 2 is 2.13 bits per heavy atom. The number of pyridine rings is 1. The van der Waals surface area contributed by atoms with E-state index >= 15 is 0 Å². The van der Waals surface area contributed by atoms with Gasteiger partial charge in [-0.2, -0.15) is 0 Å². The average molecular weight is 202 g/mol. The van der Waals surface area contributed by atoms with Crippen molar-refractivity contribution in [1.82, 2.24) is 4.40 Å². The Labute approximate surface area is 86.6 Å². The Hall–Kier alpha value is -2.10. The van der Waals surface area contributed by atoms with Gasteiger partial charge in [0.15, 0.2) is 0 Å². The van der Waals surface area contributed by atoms with E-state index in [-0.39, 0.29) is 10.6 Å². The molecule has 0 aliphatic carbocycles. The molecular weight excluding hydrogens is 192 g/mol. The fourth-order valence-corrected chi connectivity index (χ4v) is 1.48. The van der Waals surface area contributed by atoms with Crippen molar-refractivity contribution in [2.45, 2.75) is 6.92 Å². The molecule has 2 aromatic heterocycles. The fourth-order valence-electron chi connectivity index (χ4n) is 1.48. The average Bonchev–Trinajstić information content (AvgIpc) is 2.66. The lowest BCUT2D eigenvalue weighted by Crippen LogP contribution is -1.95. The Morgan fingerprint density at radius 1 is 1.40 bits per heavy atom. The molecule has 0 aliphatic rings. The van der Waals surface area contributed by atoms with Gasteiger partial charge >= 0.3 is 0 Å². The monoisotopic (exact) mass is 202 g/mol. The Balaban J connectivity index is 2.57. The zero-order chi connectivity index (χ0) is 10.8. The minimum Gasteiger partial charge on any atom is -0.317 e. The minimum absolute atomic E-state index is 0.135. The molecule has 0 N–H and O–H groups in total. The Kier molecular flexibility index (Phi) is 2.25. The molecule has 0 unspecified atom stereocenters. The second-order valence-electron chi connectivity index (χ2n) is 3.30. The molecule has 0 saturated heterocycles. The van der Waals surface area contributed by atoms with Gasteiger partial charge in [0, 0.05) is 24.7 Å². The van der Waals surface area contributed by atoms with Gasteiger partial charge in [0.05, 0.1) is 10.6 Å². The quantitative estimate of drug-likeness (QED) is 0.555. The lowest BCUT2D eigenvalue weighted by atomic mass is 10.3. The van der Waals surface area contributed by atoms with Gasteiger partial charge in [-0.05, 0) is 24.3 Å². The first-order valence-corrected chi connectivity index (χ1v) is 4.57. The predicted molar refractivity (Wildman–Crippen MR) is 58.0 cm³/mol. The molecule has 0 fully saturated rings. The summed E-state index contributed by atoms with van der Waals surface area (Å²) in [4.78, 5) is 10.1. The highest BCUT2D eigenvalue weighted by atomic mass is 16.6. The van der Waals surface area contributed by atoms with Crippen LogP contribution in [0.4, 0.5) is 0 Å². The van der Waals surface area contributed by atoms with Crippen LogP contribution in [0.25, 0.3) is 11.6 Å². The van der Waals surface area contributed by atoms with Crippen molar-refractivity contribution in [2.24, 2.45) is 0 Å². The standard InChI is InChI=1S/C11H10N2O2/c1-9(13(14)15)8-11-5-2-4-10-6-3-7-12(10)11/h2-8H,1H3/b9-8+. The van der Waals surface area contributed by atoms with Gasteiger partial charge in [0.2, 0.25) is 5.70 Å². The number of nitro groups is 1. The van der Waals surface area contributed by atoms with E-state index in [0.717, 1.165) is 11.2 Å². The largest absolute Gasteiger partial charge is 0.317 e. The predicted octanol–water partition coefficient (Wildman–Crippen LogP) is 2.58. The van der Waals surface area contributed by atoms with Crippen molar-refractivity contribution in [3.63, 3.8) is 0 Å². The van der Waals surface area contributed by atoms with Gasteiger partial charge in [-0.1, -0.05) is 6.07 Å². The fraction of sp³-hybridized carbons (Fsp3) is 0.0909. The van der Waals surface area contributed by atoms with E-state index in [1.165, 1.54) is 6.92 Å². The van der Waals surface area contributed by atoms with Crippen LogP contribution in [-0.2, 0) is 0 Å². The zero-order valence-electron chi connectivity index (χ0n) is 8.25. The zero-order valence-corrected chi connectivity index (χ0v) is 8.25. The smallest absolute Gasteiger partial charge is 0.245 e. The van der Waals surface area contributed by atoms with Crippen LogP contribution in [-0.4, -0.2) is 9.32 Å². The first kappa shape index (κ1) is 9.45. The molecule has 0 aromatic carbocycles. The molecule has 0 aliphatic heterocycles. The normalized spacial score (nSPS) is 11.9. The highest BCUT2D eigenvalue weighted by Crippen LogP contribution is 2.12. The highest BCUT2D eigenvalue weighted by molar-refractivity contribution is 5.56. The SMILES string of the molecule is C/C(=C\c1cccc2cccn12)[N+](=O)[O-]. The van der Waals surface area contributed by atoms with E-state index < -0.39 is 0 Å². The lowest BCUT2D eigenvalue weighted by molar-refractivity contribution is -0.422. The second-order valence-corrected chi connectivity index (χ2v) is 3.30. The topological polar surface area (TPSA) is 47.5 Å². The van der Waals surface area contributed by atoms with Crippen LogP contribution in [0, 0.1) is 10.1 Å². The van der Waals surface area contributed by atoms with Crippen LogP contribution < -0.4 is 0 Å². The summed E-state index contributed by atoms with van der Waals surface area (Å²) in [6.07, 6.45) is 3.45. The van der Waals surface area contributed by atoms with Crippen molar-refractivity contribution >= 4 is 11.6 Å². The number of nitrogens with zero attached hydrogens (tertiary/aromatic N) is 2. The molecule has 4 heteroatoms. The van der Waals surface area contributed by atoms with E-state index in [1.54, 1.807) is 6.08 Å². The number of hydrogen-bond donors (Lipinski definition) is 0. The molecule has 0 spiro atoms. The third kappa shape index (κ3) is 1.74. The summed E-state index contributed by atoms with van der Waals surface area (Å²) in [6.45, 7) is 1.49. The third-order valence-corrected chi connectivity index (χ3v) is 2.24. The van der Waals surface area contributed by atoms with E-state index in [1.807, 2.05) is 40.9 Å². The highest BCUT2D eigenvalue weighted by Gasteiger charge is 2.03. The first-order chi connectivity index (χ1) is 7.18. The van der Waals surface area contributed by atoms with Crippen LogP contribution in [0.2, 0.25) is 0 Å². The number of aromatic nitrogens is 1. The summed E-state index contributed by atoms with van der Waals surface area (Å²) in [5.41, 5.74) is 1.97. The van der Waals surface area contributed by atoms with Gasteiger partial charge in [-0.15, -0.1) is 0 Å². The van der Waals surface area contributed by atoms with Gasteiger partial charge in [-0.25, -0.2) is 0 Å². The number of hydrogen-bond acceptors (Lipinski definition) is 2. The Morgan fingerprint density at radius 3 is 2.87 bits per heavy atom. The van der Waals surface area contributed by atoms with E-state index in [4.69, 9.17) is 0 Å². The number of rotatable bonds is 2. The molecule has 0 bridgehead atoms. The maximum Gasteiger partial charge on any atom is 0.245 e. The summed E-state index contributed by atoms with van der Waals surface area (Å²) in [5.74, 6) is 0. The lowest BCUT2D eigenvalue weighted by Gasteiger charge is -2.00. The van der Waals surface area contributed by atoms with Crippen molar-refractivity contribution in [3.8, 4) is 0 Å². The van der Waals surface area contributed by atoms with Gasteiger partial charge in [0.25, 0.3) is 0 Å². The molecule has 2 heterocycles. The molecule has 4 nitrogen and oxygen atoms in total. The maximum atomic E-state index is 10.5. The molecule has 76 valence electrons. The van der Waals surface area contributed by atoms with E-state index in [0.29, 0.717) is 0 Å². The minimum atomic E-state index is -0.387. The molecule has 0 amide bonds. The molecule has 2 aromatic rings. The van der Waals surface area contributed by atoms with Crippen LogP contribution in [0.1, 0.15) is 12.6 Å². The van der Waals surface area contributed by atoms with E-state index in [2.05, 4.69) is 0 Å². The van der Waals surface area contributed by atoms with Crippen LogP contribution in [0.15, 0.2) is 42.2 Å². The van der Waals surface area contributed by atoms with Crippen molar-refractivity contribution in [3.05, 3.63) is 58.0 Å². The number of fused-ring (bicyclic) bond motifs is 1. The van der Waals surface area contributed by atoms with Crippen molar-refractivity contribution < 1.29 is 4.92 Å². The summed E-state index contributed by atoms with van der Waals surface area (Å²) >= 11 is 0. The molecular formula is C11H10N2O2. The van der Waals surface area contributed by atoms with Crippen LogP contribution in [0.5, 0.6) is 0 Å². The van der Waals surface area contributed by atoms with Gasteiger partial charge < -0.3 is 4.40 Å². The molecule has 0 saturated carbocycles. The van der Waals surface area contributed by atoms with Gasteiger partial charge in [-0.3, -0.25) is 10.1 Å². The summed E-state index contributed by atoms with van der Waals surface area (Å²) in [6, 6.07) is 9.56. The summed E-state index contributed by atoms with van der Waals surface area (Å²) in [5, 5.41) is 10.5. The molecule has 15 heavy (non-hydrogen) atoms. The first-order valence-electron chi connectivity index (χ1n) is 4.57. The van der Waals surface area contributed by atoms with Crippen LogP contribution >= 0.6 is 0 Å². The molecule has 0 radical (unpaired) electrons. The summed E-state index contributed by atoms with van der Waals surface area (Å²) < 4.78 is 1.91. The van der Waals surface area contributed by atoms with Crippen LogP contribution in [0.3, 0.4) is 0 Å². The van der Waals surface area contributed by atoms with Crippen molar-refractivity contribution in [2.75, 3.05) is 0 Å². The third-order valence-electron chi connectivity index (χ3n) is 2.24. The number of allylic oxidation sites excluding steroid dienone is 1. The maximum absolute atomic E-state index is 10.5. The van der Waals surface area contributed by atoms with Crippen molar-refractivity contribution in [1.29, 1.82) is 0 Å². The Bertz CT molecular complexity index is 540. The summed E-state index contributed by atoms with van der Waals surface area (Å²) in [7, 11) is 0. The molecule has 2 rings (SSSR count). The van der Waals surface area contributed by atoms with Gasteiger partial charge in [0.1, 0.15) is 0 Å².